The van der Waals surface area contributed by atoms with Crippen molar-refractivity contribution < 1.29 is 4.74 Å². The third-order valence-corrected chi connectivity index (χ3v) is 2.30. The van der Waals surface area contributed by atoms with E-state index in [4.69, 9.17) is 4.74 Å². The van der Waals surface area contributed by atoms with Gasteiger partial charge in [0.2, 0.25) is 0 Å². The lowest BCUT2D eigenvalue weighted by Gasteiger charge is -2.13. The first-order chi connectivity index (χ1) is 5.74. The van der Waals surface area contributed by atoms with Crippen LogP contribution in [0.25, 0.3) is 0 Å². The van der Waals surface area contributed by atoms with E-state index in [1.165, 1.54) is 0 Å². The van der Waals surface area contributed by atoms with Crippen molar-refractivity contribution in [2.75, 3.05) is 0 Å². The van der Waals surface area contributed by atoms with Crippen LogP contribution in [0, 0.1) is 6.07 Å². The molecule has 0 fully saturated rings. The zero-order chi connectivity index (χ0) is 8.97. The van der Waals surface area contributed by atoms with E-state index < -0.39 is 0 Å². The van der Waals surface area contributed by atoms with Crippen LogP contribution in [-0.4, -0.2) is 6.10 Å². The van der Waals surface area contributed by atoms with Crippen molar-refractivity contribution >= 4 is 15.9 Å². The smallest absolute Gasteiger partial charge is 0.133 e. The van der Waals surface area contributed by atoms with Crippen molar-refractivity contribution in [3.8, 4) is 5.75 Å². The molecule has 1 unspecified atom stereocenters. The van der Waals surface area contributed by atoms with E-state index in [-0.39, 0.29) is 6.10 Å². The van der Waals surface area contributed by atoms with E-state index >= 15 is 0 Å². The normalized spacial score (nSPS) is 12.6. The van der Waals surface area contributed by atoms with E-state index in [2.05, 4.69) is 35.8 Å². The first-order valence-electron chi connectivity index (χ1n) is 4.06. The second-order valence-electron chi connectivity index (χ2n) is 2.69. The van der Waals surface area contributed by atoms with Gasteiger partial charge in [-0.1, -0.05) is 13.0 Å². The van der Waals surface area contributed by atoms with Crippen molar-refractivity contribution in [1.82, 2.24) is 0 Å². The highest BCUT2D eigenvalue weighted by molar-refractivity contribution is 9.10. The van der Waals surface area contributed by atoms with Gasteiger partial charge in [-0.05, 0) is 47.5 Å². The first kappa shape index (κ1) is 9.59. The summed E-state index contributed by atoms with van der Waals surface area (Å²) in [5, 5.41) is 0. The largest absolute Gasteiger partial charge is 0.490 e. The predicted molar refractivity (Wildman–Crippen MR) is 53.4 cm³/mol. The van der Waals surface area contributed by atoms with Crippen molar-refractivity contribution in [2.45, 2.75) is 26.4 Å². The van der Waals surface area contributed by atoms with Crippen molar-refractivity contribution in [3.05, 3.63) is 28.7 Å². The quantitative estimate of drug-likeness (QED) is 0.770. The van der Waals surface area contributed by atoms with Crippen molar-refractivity contribution in [1.29, 1.82) is 0 Å². The second-order valence-corrected chi connectivity index (χ2v) is 3.55. The third kappa shape index (κ3) is 2.52. The Kier molecular flexibility index (Phi) is 3.60. The number of ether oxygens (including phenoxy) is 1. The van der Waals surface area contributed by atoms with Crippen LogP contribution in [0.4, 0.5) is 0 Å². The van der Waals surface area contributed by atoms with Crippen LogP contribution in [0.5, 0.6) is 5.75 Å². The molecule has 0 aliphatic rings. The molecule has 1 nitrogen and oxygen atoms in total. The molecule has 0 heterocycles. The molecule has 0 saturated heterocycles. The van der Waals surface area contributed by atoms with Gasteiger partial charge in [-0.3, -0.25) is 0 Å². The first-order valence-corrected chi connectivity index (χ1v) is 4.85. The molecule has 1 rings (SSSR count). The van der Waals surface area contributed by atoms with Crippen molar-refractivity contribution in [2.24, 2.45) is 0 Å². The molecule has 0 aromatic heterocycles. The summed E-state index contributed by atoms with van der Waals surface area (Å²) in [5.41, 5.74) is 0. The van der Waals surface area contributed by atoms with Crippen LogP contribution in [0.2, 0.25) is 0 Å². The maximum Gasteiger partial charge on any atom is 0.133 e. The molecule has 0 saturated carbocycles. The van der Waals surface area contributed by atoms with Crippen LogP contribution < -0.4 is 4.74 Å². The topological polar surface area (TPSA) is 9.23 Å². The fourth-order valence-electron chi connectivity index (χ4n) is 0.791. The molecule has 2 heteroatoms. The Morgan fingerprint density at radius 1 is 1.67 bits per heavy atom. The van der Waals surface area contributed by atoms with Gasteiger partial charge >= 0.3 is 0 Å². The maximum atomic E-state index is 5.63. The molecule has 1 aromatic rings. The molecular formula is C10H12BrO. The van der Waals surface area contributed by atoms with E-state index in [1.54, 1.807) is 0 Å². The Morgan fingerprint density at radius 3 is 3.00 bits per heavy atom. The highest BCUT2D eigenvalue weighted by Crippen LogP contribution is 2.24. The second kappa shape index (κ2) is 4.51. The SMILES string of the molecule is CCC(C)Oc1cc[c]cc1Br. The van der Waals surface area contributed by atoms with E-state index in [0.717, 1.165) is 16.6 Å². The number of halogens is 1. The Balaban J connectivity index is 2.69. The summed E-state index contributed by atoms with van der Waals surface area (Å²) < 4.78 is 6.59. The third-order valence-electron chi connectivity index (χ3n) is 1.68. The zero-order valence-corrected chi connectivity index (χ0v) is 8.89. The molecule has 1 radical (unpaired) electrons. The van der Waals surface area contributed by atoms with E-state index in [0.29, 0.717) is 0 Å². The van der Waals surface area contributed by atoms with Gasteiger partial charge in [0.1, 0.15) is 5.75 Å². The Morgan fingerprint density at radius 2 is 2.42 bits per heavy atom. The summed E-state index contributed by atoms with van der Waals surface area (Å²) >= 11 is 3.40. The number of hydrogen-bond donors (Lipinski definition) is 0. The predicted octanol–water partition coefficient (Wildman–Crippen LogP) is 3.43. The standard InChI is InChI=1S/C10H12BrO/c1-3-8(2)12-10-7-5-4-6-9(10)11/h5-8H,3H2,1-2H3. The summed E-state index contributed by atoms with van der Waals surface area (Å²) in [6.07, 6.45) is 1.29. The summed E-state index contributed by atoms with van der Waals surface area (Å²) in [4.78, 5) is 0. The minimum atomic E-state index is 0.267. The summed E-state index contributed by atoms with van der Waals surface area (Å²) in [5.74, 6) is 0.892. The van der Waals surface area contributed by atoms with Crippen LogP contribution in [0.1, 0.15) is 20.3 Å². The van der Waals surface area contributed by atoms with Gasteiger partial charge in [-0.2, -0.15) is 0 Å². The monoisotopic (exact) mass is 227 g/mol. The zero-order valence-electron chi connectivity index (χ0n) is 7.30. The molecule has 1 aromatic carbocycles. The average molecular weight is 228 g/mol. The molecule has 12 heavy (non-hydrogen) atoms. The summed E-state index contributed by atoms with van der Waals surface area (Å²) in [7, 11) is 0. The van der Waals surface area contributed by atoms with Gasteiger partial charge in [0.15, 0.2) is 0 Å². The number of benzene rings is 1. The minimum Gasteiger partial charge on any atom is -0.490 e. The molecule has 0 bridgehead atoms. The lowest BCUT2D eigenvalue weighted by atomic mass is 10.3. The maximum absolute atomic E-state index is 5.63. The Hall–Kier alpha value is -0.500. The molecule has 0 N–H and O–H groups in total. The molecule has 65 valence electrons. The highest BCUT2D eigenvalue weighted by Gasteiger charge is 2.03. The molecule has 0 aliphatic carbocycles. The van der Waals surface area contributed by atoms with Crippen molar-refractivity contribution in [3.63, 3.8) is 0 Å². The molecule has 0 amide bonds. The molecule has 0 spiro atoms. The highest BCUT2D eigenvalue weighted by atomic mass is 79.9. The Labute approximate surface area is 81.9 Å². The fourth-order valence-corrected chi connectivity index (χ4v) is 1.15. The molecule has 0 aliphatic heterocycles. The lowest BCUT2D eigenvalue weighted by molar-refractivity contribution is 0.216. The van der Waals surface area contributed by atoms with E-state index in [9.17, 15) is 0 Å². The van der Waals surface area contributed by atoms with Crippen LogP contribution in [0.15, 0.2) is 22.7 Å². The van der Waals surface area contributed by atoms with Crippen LogP contribution in [-0.2, 0) is 0 Å². The van der Waals surface area contributed by atoms with Gasteiger partial charge in [0.25, 0.3) is 0 Å². The molecular weight excluding hydrogens is 216 g/mol. The van der Waals surface area contributed by atoms with Gasteiger partial charge in [0.05, 0.1) is 10.6 Å². The van der Waals surface area contributed by atoms with Crippen LogP contribution >= 0.6 is 15.9 Å². The average Bonchev–Trinajstić information content (AvgIpc) is 2.09. The number of hydrogen-bond acceptors (Lipinski definition) is 1. The summed E-state index contributed by atoms with van der Waals surface area (Å²) in [6.45, 7) is 4.16. The summed E-state index contributed by atoms with van der Waals surface area (Å²) in [6, 6.07) is 8.59. The van der Waals surface area contributed by atoms with Gasteiger partial charge < -0.3 is 4.74 Å². The lowest BCUT2D eigenvalue weighted by Crippen LogP contribution is -2.09. The minimum absolute atomic E-state index is 0.267. The van der Waals surface area contributed by atoms with Crippen LogP contribution in [0.3, 0.4) is 0 Å². The van der Waals surface area contributed by atoms with E-state index in [1.807, 2.05) is 18.2 Å². The molecule has 1 atom stereocenters. The van der Waals surface area contributed by atoms with Gasteiger partial charge in [0, 0.05) is 0 Å². The van der Waals surface area contributed by atoms with Gasteiger partial charge in [-0.25, -0.2) is 0 Å². The number of rotatable bonds is 3. The fraction of sp³-hybridized carbons (Fsp3) is 0.400. The Bertz CT molecular complexity index is 247. The van der Waals surface area contributed by atoms with Gasteiger partial charge in [-0.15, -0.1) is 0 Å².